The second-order valence-corrected chi connectivity index (χ2v) is 6.16. The lowest BCUT2D eigenvalue weighted by molar-refractivity contribution is -0.137. The maximum Gasteiger partial charge on any atom is 0.405 e. The van der Waals surface area contributed by atoms with E-state index in [1.54, 1.807) is 34.5 Å². The first-order chi connectivity index (χ1) is 12.8. The van der Waals surface area contributed by atoms with Crippen molar-refractivity contribution >= 4 is 23.2 Å². The summed E-state index contributed by atoms with van der Waals surface area (Å²) in [6.07, 6.45) is -3.66. The van der Waals surface area contributed by atoms with Crippen LogP contribution in [0.1, 0.15) is 15.9 Å². The number of hydrogen-bond acceptors (Lipinski definition) is 3. The van der Waals surface area contributed by atoms with Crippen molar-refractivity contribution in [1.82, 2.24) is 5.32 Å². The monoisotopic (exact) mass is 377 g/mol. The molecular formula is C19H18F3N3O2. The van der Waals surface area contributed by atoms with Crippen LogP contribution in [0.3, 0.4) is 0 Å². The van der Waals surface area contributed by atoms with Crippen LogP contribution in [0.25, 0.3) is 0 Å². The fourth-order valence-electron chi connectivity index (χ4n) is 2.91. The smallest absolute Gasteiger partial charge is 0.376 e. The molecule has 0 aliphatic carbocycles. The minimum Gasteiger partial charge on any atom is -0.376 e. The Kier molecular flexibility index (Phi) is 5.34. The SMILES string of the molecule is O=C(CNc1cccc(C(=O)N2CCc3ccccc32)c1)NCC(F)(F)F. The Morgan fingerprint density at radius 2 is 1.85 bits per heavy atom. The molecule has 2 N–H and O–H groups in total. The van der Waals surface area contributed by atoms with Gasteiger partial charge >= 0.3 is 6.18 Å². The Hall–Kier alpha value is -3.03. The number of halogens is 3. The Bertz CT molecular complexity index is 852. The molecule has 1 aliphatic heterocycles. The largest absolute Gasteiger partial charge is 0.405 e. The van der Waals surface area contributed by atoms with Crippen molar-refractivity contribution in [3.8, 4) is 0 Å². The van der Waals surface area contributed by atoms with Gasteiger partial charge in [-0.3, -0.25) is 9.59 Å². The molecule has 1 aliphatic rings. The number of benzene rings is 2. The van der Waals surface area contributed by atoms with Gasteiger partial charge in [-0.05, 0) is 36.2 Å². The summed E-state index contributed by atoms with van der Waals surface area (Å²) in [6, 6.07) is 14.2. The van der Waals surface area contributed by atoms with Crippen LogP contribution >= 0.6 is 0 Å². The van der Waals surface area contributed by atoms with E-state index in [2.05, 4.69) is 5.32 Å². The first kappa shape index (κ1) is 18.8. The van der Waals surface area contributed by atoms with E-state index in [0.29, 0.717) is 17.8 Å². The molecule has 0 bridgehead atoms. The molecule has 5 nitrogen and oxygen atoms in total. The summed E-state index contributed by atoms with van der Waals surface area (Å²) >= 11 is 0. The summed E-state index contributed by atoms with van der Waals surface area (Å²) in [5, 5.41) is 4.52. The first-order valence-corrected chi connectivity index (χ1v) is 8.41. The Morgan fingerprint density at radius 3 is 2.63 bits per heavy atom. The number of para-hydroxylation sites is 1. The molecule has 0 saturated heterocycles. The number of carbonyl (C=O) groups excluding carboxylic acids is 2. The molecule has 2 aromatic rings. The van der Waals surface area contributed by atoms with E-state index in [0.717, 1.165) is 17.7 Å². The quantitative estimate of drug-likeness (QED) is 0.842. The minimum atomic E-state index is -4.45. The van der Waals surface area contributed by atoms with Gasteiger partial charge in [0.25, 0.3) is 5.91 Å². The van der Waals surface area contributed by atoms with Crippen LogP contribution in [0.5, 0.6) is 0 Å². The molecule has 0 radical (unpaired) electrons. The van der Waals surface area contributed by atoms with Gasteiger partial charge in [0.05, 0.1) is 6.54 Å². The van der Waals surface area contributed by atoms with Gasteiger partial charge in [-0.15, -0.1) is 0 Å². The van der Waals surface area contributed by atoms with E-state index in [1.807, 2.05) is 24.3 Å². The maximum absolute atomic E-state index is 12.8. The molecule has 8 heteroatoms. The highest BCUT2D eigenvalue weighted by Gasteiger charge is 2.27. The number of nitrogens with one attached hydrogen (secondary N) is 2. The number of rotatable bonds is 5. The van der Waals surface area contributed by atoms with Crippen LogP contribution in [-0.2, 0) is 11.2 Å². The molecule has 142 valence electrons. The van der Waals surface area contributed by atoms with E-state index < -0.39 is 18.6 Å². The summed E-state index contributed by atoms with van der Waals surface area (Å²) in [4.78, 5) is 26.0. The van der Waals surface area contributed by atoms with Gasteiger partial charge < -0.3 is 15.5 Å². The van der Waals surface area contributed by atoms with Crippen molar-refractivity contribution in [1.29, 1.82) is 0 Å². The number of fused-ring (bicyclic) bond motifs is 1. The Morgan fingerprint density at radius 1 is 1.07 bits per heavy atom. The van der Waals surface area contributed by atoms with Gasteiger partial charge in [0.15, 0.2) is 0 Å². The van der Waals surface area contributed by atoms with E-state index in [4.69, 9.17) is 0 Å². The molecule has 0 saturated carbocycles. The zero-order valence-electron chi connectivity index (χ0n) is 14.3. The Labute approximate surface area is 154 Å². The number of hydrogen-bond donors (Lipinski definition) is 2. The van der Waals surface area contributed by atoms with Crippen molar-refractivity contribution in [2.75, 3.05) is 29.9 Å². The van der Waals surface area contributed by atoms with Gasteiger partial charge in [-0.25, -0.2) is 0 Å². The molecule has 0 aromatic heterocycles. The molecule has 0 unspecified atom stereocenters. The predicted octanol–water partition coefficient (Wildman–Crippen LogP) is 2.98. The van der Waals surface area contributed by atoms with Crippen molar-refractivity contribution < 1.29 is 22.8 Å². The van der Waals surface area contributed by atoms with Crippen molar-refractivity contribution in [3.05, 3.63) is 59.7 Å². The molecule has 0 atom stereocenters. The lowest BCUT2D eigenvalue weighted by atomic mass is 10.1. The molecule has 0 fully saturated rings. The van der Waals surface area contributed by atoms with Crippen LogP contribution in [-0.4, -0.2) is 37.6 Å². The van der Waals surface area contributed by atoms with Gasteiger partial charge in [0.2, 0.25) is 5.91 Å². The summed E-state index contributed by atoms with van der Waals surface area (Å²) in [6.45, 7) is -1.10. The van der Waals surface area contributed by atoms with E-state index >= 15 is 0 Å². The third kappa shape index (κ3) is 4.78. The van der Waals surface area contributed by atoms with Crippen LogP contribution < -0.4 is 15.5 Å². The van der Waals surface area contributed by atoms with Crippen LogP contribution in [0.2, 0.25) is 0 Å². The first-order valence-electron chi connectivity index (χ1n) is 8.41. The van der Waals surface area contributed by atoms with Crippen LogP contribution in [0, 0.1) is 0 Å². The Balaban J connectivity index is 1.62. The highest BCUT2D eigenvalue weighted by Crippen LogP contribution is 2.29. The fourth-order valence-corrected chi connectivity index (χ4v) is 2.91. The predicted molar refractivity (Wildman–Crippen MR) is 95.8 cm³/mol. The minimum absolute atomic E-state index is 0.162. The van der Waals surface area contributed by atoms with Crippen molar-refractivity contribution in [2.24, 2.45) is 0 Å². The number of nitrogens with zero attached hydrogens (tertiary/aromatic N) is 1. The normalized spacial score (nSPS) is 13.2. The maximum atomic E-state index is 12.8. The summed E-state index contributed by atoms with van der Waals surface area (Å²) in [7, 11) is 0. The third-order valence-corrected chi connectivity index (χ3v) is 4.18. The molecule has 3 rings (SSSR count). The topological polar surface area (TPSA) is 61.4 Å². The number of alkyl halides is 3. The standard InChI is InChI=1S/C19H18F3N3O2/c20-19(21,22)12-24-17(26)11-23-15-6-3-5-14(10-15)18(27)25-9-8-13-4-1-2-7-16(13)25/h1-7,10,23H,8-9,11-12H2,(H,24,26). The average molecular weight is 377 g/mol. The van der Waals surface area contributed by atoms with E-state index in [-0.39, 0.29) is 12.5 Å². The number of amides is 2. The average Bonchev–Trinajstić information content (AvgIpc) is 3.08. The van der Waals surface area contributed by atoms with Crippen molar-refractivity contribution in [2.45, 2.75) is 12.6 Å². The summed E-state index contributed by atoms with van der Waals surface area (Å²) in [5.74, 6) is -0.942. The zero-order chi connectivity index (χ0) is 19.4. The lowest BCUT2D eigenvalue weighted by Gasteiger charge is -2.18. The van der Waals surface area contributed by atoms with Crippen molar-refractivity contribution in [3.63, 3.8) is 0 Å². The van der Waals surface area contributed by atoms with Gasteiger partial charge in [-0.1, -0.05) is 24.3 Å². The van der Waals surface area contributed by atoms with Crippen LogP contribution in [0.15, 0.2) is 48.5 Å². The fraction of sp³-hybridized carbons (Fsp3) is 0.263. The second kappa shape index (κ2) is 7.69. The molecule has 1 heterocycles. The third-order valence-electron chi connectivity index (χ3n) is 4.18. The number of anilines is 2. The molecular weight excluding hydrogens is 359 g/mol. The number of carbonyl (C=O) groups is 2. The van der Waals surface area contributed by atoms with Gasteiger partial charge in [0.1, 0.15) is 6.54 Å². The molecule has 27 heavy (non-hydrogen) atoms. The van der Waals surface area contributed by atoms with Gasteiger partial charge in [0, 0.05) is 23.5 Å². The molecule has 0 spiro atoms. The highest BCUT2D eigenvalue weighted by atomic mass is 19.4. The summed E-state index contributed by atoms with van der Waals surface area (Å²) in [5.41, 5.74) is 2.91. The highest BCUT2D eigenvalue weighted by molar-refractivity contribution is 6.07. The summed E-state index contributed by atoms with van der Waals surface area (Å²) < 4.78 is 36.3. The zero-order valence-corrected chi connectivity index (χ0v) is 14.3. The second-order valence-electron chi connectivity index (χ2n) is 6.16. The van der Waals surface area contributed by atoms with Crippen LogP contribution in [0.4, 0.5) is 24.5 Å². The molecule has 2 aromatic carbocycles. The van der Waals surface area contributed by atoms with E-state index in [9.17, 15) is 22.8 Å². The van der Waals surface area contributed by atoms with E-state index in [1.165, 1.54) is 0 Å². The molecule has 2 amide bonds. The lowest BCUT2D eigenvalue weighted by Crippen LogP contribution is -2.37. The van der Waals surface area contributed by atoms with Gasteiger partial charge in [-0.2, -0.15) is 13.2 Å².